The van der Waals surface area contributed by atoms with Gasteiger partial charge in [-0.3, -0.25) is 4.79 Å². The highest BCUT2D eigenvalue weighted by Crippen LogP contribution is 2.56. The van der Waals surface area contributed by atoms with Gasteiger partial charge in [0, 0.05) is 11.3 Å². The first-order valence-electron chi connectivity index (χ1n) is 6.71. The fourth-order valence-electron chi connectivity index (χ4n) is 3.83. The number of carbonyl (C=O) groups excluding carboxylic acids is 1. The Morgan fingerprint density at radius 1 is 1.35 bits per heavy atom. The van der Waals surface area contributed by atoms with Crippen LogP contribution in [0.5, 0.6) is 0 Å². The van der Waals surface area contributed by atoms with Crippen LogP contribution < -0.4 is 0 Å². The molecule has 1 saturated carbocycles. The summed E-state index contributed by atoms with van der Waals surface area (Å²) in [6, 6.07) is 0. The number of rotatable bonds is 2. The summed E-state index contributed by atoms with van der Waals surface area (Å²) in [5, 5.41) is 0. The number of carbonyl (C=O) groups is 1. The molecule has 0 aromatic carbocycles. The second-order valence-corrected chi connectivity index (χ2v) is 6.46. The Bertz CT molecular complexity index is 332. The van der Waals surface area contributed by atoms with Crippen LogP contribution in [0.4, 0.5) is 0 Å². The predicted molar refractivity (Wildman–Crippen MR) is 68.5 cm³/mol. The molecule has 0 N–H and O–H groups in total. The minimum Gasteiger partial charge on any atom is -0.461 e. The molecule has 4 atom stereocenters. The molecule has 0 saturated heterocycles. The van der Waals surface area contributed by atoms with E-state index in [1.807, 2.05) is 0 Å². The molecule has 2 rings (SSSR count). The van der Waals surface area contributed by atoms with Gasteiger partial charge in [0.25, 0.3) is 6.47 Å². The zero-order chi connectivity index (χ0) is 12.7. The van der Waals surface area contributed by atoms with E-state index in [9.17, 15) is 4.79 Å². The summed E-state index contributed by atoms with van der Waals surface area (Å²) in [4.78, 5) is 10.9. The van der Waals surface area contributed by atoms with Crippen molar-refractivity contribution in [2.24, 2.45) is 23.2 Å². The normalized spacial score (nSPS) is 43.9. The minimum absolute atomic E-state index is 0.0419. The van der Waals surface area contributed by atoms with Gasteiger partial charge in [-0.25, -0.2) is 0 Å². The summed E-state index contributed by atoms with van der Waals surface area (Å²) in [6.07, 6.45) is 8.09. The average molecular weight is 236 g/mol. The fraction of sp³-hybridized carbons (Fsp3) is 0.800. The molecule has 0 bridgehead atoms. The molecule has 4 unspecified atom stereocenters. The Labute approximate surface area is 104 Å². The first kappa shape index (κ1) is 12.7. The van der Waals surface area contributed by atoms with Gasteiger partial charge in [-0.2, -0.15) is 0 Å². The van der Waals surface area contributed by atoms with Crippen molar-refractivity contribution in [1.82, 2.24) is 0 Å². The van der Waals surface area contributed by atoms with E-state index in [-0.39, 0.29) is 11.0 Å². The van der Waals surface area contributed by atoms with Crippen LogP contribution in [0.15, 0.2) is 12.2 Å². The third-order valence-corrected chi connectivity index (χ3v) is 5.68. The van der Waals surface area contributed by atoms with Gasteiger partial charge in [-0.1, -0.05) is 32.9 Å². The van der Waals surface area contributed by atoms with Crippen molar-refractivity contribution in [3.8, 4) is 0 Å². The van der Waals surface area contributed by atoms with Crippen molar-refractivity contribution in [3.63, 3.8) is 0 Å². The van der Waals surface area contributed by atoms with E-state index >= 15 is 0 Å². The van der Waals surface area contributed by atoms with E-state index in [4.69, 9.17) is 4.74 Å². The maximum atomic E-state index is 10.9. The Hall–Kier alpha value is -0.790. The highest BCUT2D eigenvalue weighted by Gasteiger charge is 2.57. The van der Waals surface area contributed by atoms with E-state index in [0.29, 0.717) is 24.2 Å². The maximum Gasteiger partial charge on any atom is 0.293 e. The quantitative estimate of drug-likeness (QED) is 0.541. The Morgan fingerprint density at radius 3 is 2.71 bits per heavy atom. The molecule has 2 aliphatic carbocycles. The summed E-state index contributed by atoms with van der Waals surface area (Å²) in [6.45, 7) is 9.56. The third kappa shape index (κ3) is 1.73. The largest absolute Gasteiger partial charge is 0.461 e. The topological polar surface area (TPSA) is 26.3 Å². The standard InChI is InChI=1S/C15H24O2/c1-11-9-12-7-5-6-8-13(12)15(4,17-10-16)14(11,2)3/h5,7,10-13H,6,8-9H2,1-4H3. The Kier molecular flexibility index (Phi) is 3.09. The summed E-state index contributed by atoms with van der Waals surface area (Å²) in [7, 11) is 0. The van der Waals surface area contributed by atoms with E-state index in [1.54, 1.807) is 0 Å². The zero-order valence-electron chi connectivity index (χ0n) is 11.4. The number of fused-ring (bicyclic) bond motifs is 1. The number of allylic oxidation sites excluding steroid dienone is 2. The first-order valence-corrected chi connectivity index (χ1v) is 6.71. The van der Waals surface area contributed by atoms with Crippen LogP contribution in [0.25, 0.3) is 0 Å². The summed E-state index contributed by atoms with van der Waals surface area (Å²) < 4.78 is 5.61. The van der Waals surface area contributed by atoms with E-state index in [2.05, 4.69) is 39.8 Å². The second-order valence-electron chi connectivity index (χ2n) is 6.46. The predicted octanol–water partition coefficient (Wildman–Crippen LogP) is 3.57. The zero-order valence-corrected chi connectivity index (χ0v) is 11.4. The lowest BCUT2D eigenvalue weighted by Gasteiger charge is -2.57. The van der Waals surface area contributed by atoms with Gasteiger partial charge in [-0.05, 0) is 38.0 Å². The lowest BCUT2D eigenvalue weighted by atomic mass is 9.51. The summed E-state index contributed by atoms with van der Waals surface area (Å²) in [5.74, 6) is 1.62. The molecular weight excluding hydrogens is 212 g/mol. The van der Waals surface area contributed by atoms with Gasteiger partial charge in [0.05, 0.1) is 0 Å². The summed E-state index contributed by atoms with van der Waals surface area (Å²) in [5.41, 5.74) is -0.290. The molecule has 17 heavy (non-hydrogen) atoms. The second kappa shape index (κ2) is 4.15. The third-order valence-electron chi connectivity index (χ3n) is 5.68. The molecule has 96 valence electrons. The van der Waals surface area contributed by atoms with Crippen LogP contribution in [0.3, 0.4) is 0 Å². The molecule has 0 heterocycles. The van der Waals surface area contributed by atoms with Crippen molar-refractivity contribution >= 4 is 6.47 Å². The Balaban J connectivity index is 2.40. The average Bonchev–Trinajstić information content (AvgIpc) is 2.28. The van der Waals surface area contributed by atoms with Gasteiger partial charge in [0.15, 0.2) is 0 Å². The number of hydrogen-bond donors (Lipinski definition) is 0. The van der Waals surface area contributed by atoms with Crippen molar-refractivity contribution in [2.75, 3.05) is 0 Å². The van der Waals surface area contributed by atoms with Crippen LogP contribution in [-0.4, -0.2) is 12.1 Å². The molecule has 2 nitrogen and oxygen atoms in total. The van der Waals surface area contributed by atoms with Gasteiger partial charge in [-0.15, -0.1) is 0 Å². The lowest BCUT2D eigenvalue weighted by molar-refractivity contribution is -0.195. The lowest BCUT2D eigenvalue weighted by Crippen LogP contribution is -2.59. The van der Waals surface area contributed by atoms with Crippen molar-refractivity contribution in [2.45, 2.75) is 52.6 Å². The van der Waals surface area contributed by atoms with Crippen molar-refractivity contribution < 1.29 is 9.53 Å². The Morgan fingerprint density at radius 2 is 2.06 bits per heavy atom. The smallest absolute Gasteiger partial charge is 0.293 e. The van der Waals surface area contributed by atoms with Crippen LogP contribution >= 0.6 is 0 Å². The van der Waals surface area contributed by atoms with Crippen molar-refractivity contribution in [3.05, 3.63) is 12.2 Å². The molecule has 0 aromatic heterocycles. The molecule has 2 aliphatic rings. The minimum atomic E-state index is -0.332. The van der Waals surface area contributed by atoms with Crippen LogP contribution in [0.1, 0.15) is 47.0 Å². The maximum absolute atomic E-state index is 10.9. The van der Waals surface area contributed by atoms with Gasteiger partial charge in [0.1, 0.15) is 5.60 Å². The number of hydrogen-bond acceptors (Lipinski definition) is 2. The highest BCUT2D eigenvalue weighted by atomic mass is 16.5. The van der Waals surface area contributed by atoms with Crippen LogP contribution in [-0.2, 0) is 9.53 Å². The molecule has 0 spiro atoms. The van der Waals surface area contributed by atoms with Crippen LogP contribution in [0, 0.1) is 23.2 Å². The summed E-state index contributed by atoms with van der Waals surface area (Å²) >= 11 is 0. The fourth-order valence-corrected chi connectivity index (χ4v) is 3.83. The SMILES string of the molecule is CC1CC2C=CCCC2C(C)(OC=O)C1(C)C. The van der Waals surface area contributed by atoms with Gasteiger partial charge >= 0.3 is 0 Å². The monoisotopic (exact) mass is 236 g/mol. The van der Waals surface area contributed by atoms with Gasteiger partial charge < -0.3 is 4.74 Å². The molecular formula is C15H24O2. The molecule has 1 fully saturated rings. The van der Waals surface area contributed by atoms with E-state index in [1.165, 1.54) is 6.42 Å². The molecule has 0 radical (unpaired) electrons. The first-order chi connectivity index (χ1) is 7.93. The van der Waals surface area contributed by atoms with Gasteiger partial charge in [0.2, 0.25) is 0 Å². The van der Waals surface area contributed by atoms with Crippen molar-refractivity contribution in [1.29, 1.82) is 0 Å². The highest BCUT2D eigenvalue weighted by molar-refractivity contribution is 5.39. The van der Waals surface area contributed by atoms with E-state index in [0.717, 1.165) is 12.8 Å². The molecule has 0 aliphatic heterocycles. The molecule has 2 heteroatoms. The van der Waals surface area contributed by atoms with E-state index < -0.39 is 0 Å². The molecule has 0 aromatic rings. The number of ether oxygens (including phenoxy) is 1. The molecule has 0 amide bonds. The van der Waals surface area contributed by atoms with Crippen LogP contribution in [0.2, 0.25) is 0 Å².